The van der Waals surface area contributed by atoms with Crippen LogP contribution in [0.15, 0.2) is 79.4 Å². The van der Waals surface area contributed by atoms with E-state index in [1.165, 1.54) is 30.6 Å². The lowest BCUT2D eigenvalue weighted by Gasteiger charge is -1.99. The summed E-state index contributed by atoms with van der Waals surface area (Å²) in [5, 5.41) is 0. The molecule has 5 nitrogen and oxygen atoms in total. The van der Waals surface area contributed by atoms with Crippen LogP contribution in [0.3, 0.4) is 0 Å². The summed E-state index contributed by atoms with van der Waals surface area (Å²) in [6.07, 6.45) is 12.2. The van der Waals surface area contributed by atoms with E-state index < -0.39 is 0 Å². The second-order valence-corrected chi connectivity index (χ2v) is 5.37. The van der Waals surface area contributed by atoms with Crippen molar-refractivity contribution < 1.29 is 9.59 Å². The average Bonchev–Trinajstić information content (AvgIpc) is 2.72. The highest BCUT2D eigenvalue weighted by Gasteiger charge is 2.08. The number of allylic oxidation sites excluding steroid dienone is 2. The molecule has 0 aliphatic carbocycles. The SMILES string of the molecule is O=C(/C=C/c1ccccn1)c1cncc(C(=O)/C=C/c2ccccn2)c1. The molecule has 0 unspecified atom stereocenters. The maximum absolute atomic E-state index is 12.3. The number of carbonyl (C=O) groups is 2. The number of hydrogen-bond acceptors (Lipinski definition) is 5. The Balaban J connectivity index is 1.73. The Hall–Kier alpha value is -3.73. The van der Waals surface area contributed by atoms with Crippen LogP contribution < -0.4 is 0 Å². The van der Waals surface area contributed by atoms with E-state index in [0.29, 0.717) is 22.5 Å². The third-order valence-electron chi connectivity index (χ3n) is 3.49. The highest BCUT2D eigenvalue weighted by atomic mass is 16.1. The summed E-state index contributed by atoms with van der Waals surface area (Å²) in [5.41, 5.74) is 2.04. The van der Waals surface area contributed by atoms with Gasteiger partial charge in [-0.15, -0.1) is 0 Å². The normalized spacial score (nSPS) is 11.1. The summed E-state index contributed by atoms with van der Waals surface area (Å²) in [6, 6.07) is 12.4. The third kappa shape index (κ3) is 4.64. The molecule has 0 aliphatic heterocycles. The van der Waals surface area contributed by atoms with Crippen molar-refractivity contribution in [2.24, 2.45) is 0 Å². The van der Waals surface area contributed by atoms with E-state index in [0.717, 1.165) is 0 Å². The first kappa shape index (κ1) is 17.1. The van der Waals surface area contributed by atoms with E-state index in [4.69, 9.17) is 0 Å². The highest BCUT2D eigenvalue weighted by molar-refractivity contribution is 6.10. The standard InChI is InChI=1S/C21H15N3O2/c25-20(9-7-18-5-1-3-11-23-18)16-13-17(15-22-14-16)21(26)10-8-19-6-2-4-12-24-19/h1-15H/b9-7+,10-8+. The van der Waals surface area contributed by atoms with Crippen molar-refractivity contribution in [2.75, 3.05) is 0 Å². The second kappa shape index (κ2) is 8.39. The molecule has 3 rings (SSSR count). The summed E-state index contributed by atoms with van der Waals surface area (Å²) in [6.45, 7) is 0. The molecule has 0 fully saturated rings. The highest BCUT2D eigenvalue weighted by Crippen LogP contribution is 2.08. The smallest absolute Gasteiger partial charge is 0.187 e. The zero-order chi connectivity index (χ0) is 18.2. The minimum atomic E-state index is -0.244. The van der Waals surface area contributed by atoms with Gasteiger partial charge in [0.05, 0.1) is 11.4 Å². The van der Waals surface area contributed by atoms with Crippen LogP contribution in [0.5, 0.6) is 0 Å². The zero-order valence-electron chi connectivity index (χ0n) is 13.8. The van der Waals surface area contributed by atoms with Gasteiger partial charge in [0, 0.05) is 35.9 Å². The monoisotopic (exact) mass is 341 g/mol. The van der Waals surface area contributed by atoms with Crippen molar-refractivity contribution in [1.82, 2.24) is 15.0 Å². The molecule has 0 radical (unpaired) electrons. The molecule has 0 amide bonds. The Labute approximate surface area is 150 Å². The summed E-state index contributed by atoms with van der Waals surface area (Å²) >= 11 is 0. The first-order valence-electron chi connectivity index (χ1n) is 7.94. The van der Waals surface area contributed by atoms with Crippen LogP contribution in [-0.4, -0.2) is 26.5 Å². The molecule has 0 saturated heterocycles. The number of rotatable bonds is 6. The van der Waals surface area contributed by atoms with E-state index in [2.05, 4.69) is 15.0 Å². The van der Waals surface area contributed by atoms with Crippen molar-refractivity contribution in [1.29, 1.82) is 0 Å². The van der Waals surface area contributed by atoms with Gasteiger partial charge < -0.3 is 0 Å². The number of pyridine rings is 3. The van der Waals surface area contributed by atoms with E-state index in [-0.39, 0.29) is 11.6 Å². The molecule has 3 aromatic rings. The number of ketones is 2. The van der Waals surface area contributed by atoms with Gasteiger partial charge in [0.2, 0.25) is 0 Å². The van der Waals surface area contributed by atoms with Crippen molar-refractivity contribution in [2.45, 2.75) is 0 Å². The summed E-state index contributed by atoms with van der Waals surface area (Å²) in [7, 11) is 0. The molecule has 0 N–H and O–H groups in total. The lowest BCUT2D eigenvalue weighted by atomic mass is 10.1. The Morgan fingerprint density at radius 2 is 1.23 bits per heavy atom. The predicted octanol–water partition coefficient (Wildman–Crippen LogP) is 3.66. The van der Waals surface area contributed by atoms with E-state index in [9.17, 15) is 9.59 Å². The Morgan fingerprint density at radius 1 is 0.731 bits per heavy atom. The minimum absolute atomic E-state index is 0.244. The molecule has 3 heterocycles. The second-order valence-electron chi connectivity index (χ2n) is 5.37. The molecule has 0 aliphatic rings. The lowest BCUT2D eigenvalue weighted by molar-refractivity contribution is 0.104. The van der Waals surface area contributed by atoms with Crippen LogP contribution >= 0.6 is 0 Å². The topological polar surface area (TPSA) is 72.8 Å². The Bertz CT molecular complexity index is 888. The molecule has 3 aromatic heterocycles. The number of hydrogen-bond donors (Lipinski definition) is 0. The third-order valence-corrected chi connectivity index (χ3v) is 3.49. The fourth-order valence-electron chi connectivity index (χ4n) is 2.17. The van der Waals surface area contributed by atoms with Gasteiger partial charge in [-0.1, -0.05) is 12.1 Å². The van der Waals surface area contributed by atoms with Crippen molar-refractivity contribution >= 4 is 23.7 Å². The van der Waals surface area contributed by atoms with Gasteiger partial charge in [-0.3, -0.25) is 24.5 Å². The van der Waals surface area contributed by atoms with Gasteiger partial charge in [-0.25, -0.2) is 0 Å². The van der Waals surface area contributed by atoms with Crippen molar-refractivity contribution in [3.63, 3.8) is 0 Å². The maximum atomic E-state index is 12.3. The van der Waals surface area contributed by atoms with Crippen LogP contribution in [0.1, 0.15) is 32.1 Å². The Morgan fingerprint density at radius 3 is 1.65 bits per heavy atom. The average molecular weight is 341 g/mol. The molecular formula is C21H15N3O2. The lowest BCUT2D eigenvalue weighted by Crippen LogP contribution is -2.01. The van der Waals surface area contributed by atoms with E-state index in [1.807, 2.05) is 12.1 Å². The van der Waals surface area contributed by atoms with Crippen LogP contribution in [0.4, 0.5) is 0 Å². The van der Waals surface area contributed by atoms with E-state index >= 15 is 0 Å². The molecule has 126 valence electrons. The van der Waals surface area contributed by atoms with Crippen molar-refractivity contribution in [3.8, 4) is 0 Å². The van der Waals surface area contributed by atoms with Gasteiger partial charge in [-0.05, 0) is 54.6 Å². The van der Waals surface area contributed by atoms with Gasteiger partial charge in [0.25, 0.3) is 0 Å². The fourth-order valence-corrected chi connectivity index (χ4v) is 2.17. The largest absolute Gasteiger partial charge is 0.289 e. The molecular weight excluding hydrogens is 326 g/mol. The molecule has 0 aromatic carbocycles. The van der Waals surface area contributed by atoms with Crippen LogP contribution in [0.2, 0.25) is 0 Å². The zero-order valence-corrected chi connectivity index (χ0v) is 13.8. The summed E-state index contributed by atoms with van der Waals surface area (Å²) < 4.78 is 0. The summed E-state index contributed by atoms with van der Waals surface area (Å²) in [4.78, 5) is 36.8. The van der Waals surface area contributed by atoms with Crippen molar-refractivity contribution in [3.05, 3.63) is 102 Å². The first-order chi connectivity index (χ1) is 12.7. The van der Waals surface area contributed by atoms with Gasteiger partial charge in [0.1, 0.15) is 0 Å². The van der Waals surface area contributed by atoms with Gasteiger partial charge in [0.15, 0.2) is 11.6 Å². The maximum Gasteiger partial charge on any atom is 0.187 e. The quantitative estimate of drug-likeness (QED) is 0.505. The van der Waals surface area contributed by atoms with Gasteiger partial charge >= 0.3 is 0 Å². The minimum Gasteiger partial charge on any atom is -0.289 e. The molecule has 0 spiro atoms. The molecule has 0 bridgehead atoms. The first-order valence-corrected chi connectivity index (χ1v) is 7.94. The van der Waals surface area contributed by atoms with Crippen LogP contribution in [0, 0.1) is 0 Å². The van der Waals surface area contributed by atoms with E-state index in [1.54, 1.807) is 48.8 Å². The van der Waals surface area contributed by atoms with Crippen LogP contribution in [-0.2, 0) is 0 Å². The molecule has 0 atom stereocenters. The molecule has 5 heteroatoms. The molecule has 0 saturated carbocycles. The fraction of sp³-hybridized carbons (Fsp3) is 0. The summed E-state index contributed by atoms with van der Waals surface area (Å²) in [5.74, 6) is -0.488. The molecule has 26 heavy (non-hydrogen) atoms. The number of carbonyl (C=O) groups excluding carboxylic acids is 2. The van der Waals surface area contributed by atoms with Gasteiger partial charge in [-0.2, -0.15) is 0 Å². The number of nitrogens with zero attached hydrogens (tertiary/aromatic N) is 3. The Kier molecular flexibility index (Phi) is 5.52. The number of aromatic nitrogens is 3. The van der Waals surface area contributed by atoms with Crippen LogP contribution in [0.25, 0.3) is 12.2 Å². The predicted molar refractivity (Wildman–Crippen MR) is 99.4 cm³/mol.